The van der Waals surface area contributed by atoms with Crippen LogP contribution in [0.2, 0.25) is 0 Å². The molecule has 142 valence electrons. The quantitative estimate of drug-likeness (QED) is 0.715. The zero-order valence-corrected chi connectivity index (χ0v) is 15.6. The second kappa shape index (κ2) is 6.98. The number of hydrogen-bond acceptors (Lipinski definition) is 4. The molecule has 2 saturated carbocycles. The first-order valence-corrected chi connectivity index (χ1v) is 10.3. The Morgan fingerprint density at radius 2 is 1.89 bits per heavy atom. The van der Waals surface area contributed by atoms with E-state index in [0.717, 1.165) is 48.2 Å². The highest BCUT2D eigenvalue weighted by molar-refractivity contribution is 5.80. The van der Waals surface area contributed by atoms with Gasteiger partial charge in [0.1, 0.15) is 0 Å². The molecule has 0 aliphatic heterocycles. The molecule has 6 nitrogen and oxygen atoms in total. The van der Waals surface area contributed by atoms with Crippen LogP contribution < -0.4 is 5.69 Å². The maximum atomic E-state index is 12.4. The van der Waals surface area contributed by atoms with Crippen LogP contribution in [0.1, 0.15) is 69.7 Å². The van der Waals surface area contributed by atoms with Gasteiger partial charge in [0.15, 0.2) is 0 Å². The predicted octanol–water partition coefficient (Wildman–Crippen LogP) is 4.62. The number of nitrogens with zero attached hydrogens (tertiary/aromatic N) is 3. The fraction of sp³-hybridized carbons (Fsp3) is 0.571. The first-order valence-electron chi connectivity index (χ1n) is 10.3. The van der Waals surface area contributed by atoms with Crippen LogP contribution in [0.15, 0.2) is 27.5 Å². The molecular weight excluding hydrogens is 340 g/mol. The first-order chi connectivity index (χ1) is 13.3. The molecule has 0 bridgehead atoms. The fourth-order valence-electron chi connectivity index (χ4n) is 4.90. The average molecular weight is 366 g/mol. The normalized spacial score (nSPS) is 18.8. The van der Waals surface area contributed by atoms with Crippen molar-refractivity contribution in [1.29, 1.82) is 0 Å². The van der Waals surface area contributed by atoms with E-state index in [1.807, 2.05) is 22.8 Å². The Bertz CT molecular complexity index is 987. The molecule has 2 fully saturated rings. The van der Waals surface area contributed by atoms with Gasteiger partial charge in [-0.1, -0.05) is 43.7 Å². The van der Waals surface area contributed by atoms with Crippen LogP contribution in [-0.2, 0) is 6.42 Å². The SMILES string of the molecule is O=c1[nH]c2cc(-c3noc(CCC4CCCC4)n3)ccc2n1C1CCCC1. The number of aryl methyl sites for hydroxylation is 1. The second-order valence-electron chi connectivity index (χ2n) is 8.17. The summed E-state index contributed by atoms with van der Waals surface area (Å²) in [6.07, 6.45) is 12.0. The lowest BCUT2D eigenvalue weighted by Crippen LogP contribution is -2.20. The molecule has 1 aromatic carbocycles. The molecule has 0 radical (unpaired) electrons. The van der Waals surface area contributed by atoms with Crippen molar-refractivity contribution in [2.75, 3.05) is 0 Å². The molecule has 3 aromatic rings. The van der Waals surface area contributed by atoms with Gasteiger partial charge in [-0.3, -0.25) is 4.57 Å². The van der Waals surface area contributed by atoms with Crippen LogP contribution in [0.3, 0.4) is 0 Å². The summed E-state index contributed by atoms with van der Waals surface area (Å²) in [5.41, 5.74) is 2.69. The van der Waals surface area contributed by atoms with E-state index in [9.17, 15) is 4.79 Å². The summed E-state index contributed by atoms with van der Waals surface area (Å²) in [6.45, 7) is 0. The third kappa shape index (κ3) is 3.22. The van der Waals surface area contributed by atoms with Gasteiger partial charge in [-0.25, -0.2) is 4.79 Å². The molecule has 2 aromatic heterocycles. The van der Waals surface area contributed by atoms with Gasteiger partial charge in [-0.05, 0) is 43.4 Å². The highest BCUT2D eigenvalue weighted by Crippen LogP contribution is 2.32. The molecule has 0 saturated heterocycles. The van der Waals surface area contributed by atoms with Crippen LogP contribution in [-0.4, -0.2) is 19.7 Å². The summed E-state index contributed by atoms with van der Waals surface area (Å²) in [5.74, 6) is 2.14. The minimum absolute atomic E-state index is 0.0144. The Morgan fingerprint density at radius 3 is 2.70 bits per heavy atom. The molecular formula is C21H26N4O2. The average Bonchev–Trinajstić information content (AvgIpc) is 3.44. The number of hydrogen-bond donors (Lipinski definition) is 1. The first kappa shape index (κ1) is 16.8. The summed E-state index contributed by atoms with van der Waals surface area (Å²) in [6, 6.07) is 6.29. The van der Waals surface area contributed by atoms with Gasteiger partial charge in [0.05, 0.1) is 11.0 Å². The van der Waals surface area contributed by atoms with Crippen molar-refractivity contribution in [1.82, 2.24) is 19.7 Å². The van der Waals surface area contributed by atoms with E-state index in [1.165, 1.54) is 38.5 Å². The molecule has 6 heteroatoms. The van der Waals surface area contributed by atoms with Crippen molar-refractivity contribution < 1.29 is 4.52 Å². The molecule has 2 aliphatic rings. The van der Waals surface area contributed by atoms with Gasteiger partial charge in [-0.2, -0.15) is 4.98 Å². The van der Waals surface area contributed by atoms with E-state index >= 15 is 0 Å². The third-order valence-corrected chi connectivity index (χ3v) is 6.37. The van der Waals surface area contributed by atoms with Gasteiger partial charge >= 0.3 is 5.69 Å². The lowest BCUT2D eigenvalue weighted by atomic mass is 10.0. The number of fused-ring (bicyclic) bond motifs is 1. The van der Waals surface area contributed by atoms with Gasteiger partial charge < -0.3 is 9.51 Å². The minimum Gasteiger partial charge on any atom is -0.339 e. The second-order valence-corrected chi connectivity index (χ2v) is 8.17. The smallest absolute Gasteiger partial charge is 0.326 e. The molecule has 0 spiro atoms. The van der Waals surface area contributed by atoms with Crippen LogP contribution in [0, 0.1) is 5.92 Å². The number of aromatic amines is 1. The summed E-state index contributed by atoms with van der Waals surface area (Å²) < 4.78 is 7.39. The molecule has 2 heterocycles. The number of rotatable bonds is 5. The zero-order valence-electron chi connectivity index (χ0n) is 15.6. The summed E-state index contributed by atoms with van der Waals surface area (Å²) >= 11 is 0. The van der Waals surface area contributed by atoms with Crippen molar-refractivity contribution >= 4 is 11.0 Å². The number of nitrogens with one attached hydrogen (secondary N) is 1. The predicted molar refractivity (Wildman–Crippen MR) is 104 cm³/mol. The van der Waals surface area contributed by atoms with Crippen LogP contribution in [0.4, 0.5) is 0 Å². The lowest BCUT2D eigenvalue weighted by Gasteiger charge is -2.11. The highest BCUT2D eigenvalue weighted by atomic mass is 16.5. The van der Waals surface area contributed by atoms with E-state index in [-0.39, 0.29) is 5.69 Å². The van der Waals surface area contributed by atoms with Crippen molar-refractivity contribution in [2.45, 2.75) is 70.3 Å². The van der Waals surface area contributed by atoms with Crippen molar-refractivity contribution in [3.63, 3.8) is 0 Å². The Morgan fingerprint density at radius 1 is 1.11 bits per heavy atom. The molecule has 2 aliphatic carbocycles. The van der Waals surface area contributed by atoms with E-state index in [2.05, 4.69) is 15.1 Å². The Hall–Kier alpha value is -2.37. The molecule has 0 unspecified atom stereocenters. The Labute approximate surface area is 158 Å². The molecule has 0 amide bonds. The molecule has 0 atom stereocenters. The van der Waals surface area contributed by atoms with Crippen LogP contribution in [0.25, 0.3) is 22.4 Å². The van der Waals surface area contributed by atoms with Crippen molar-refractivity contribution in [3.05, 3.63) is 34.6 Å². The standard InChI is InChI=1S/C21H26N4O2/c26-21-22-17-13-15(10-11-18(17)25(21)16-7-3-4-8-16)20-23-19(27-24-20)12-9-14-5-1-2-6-14/h10-11,13-14,16H,1-9,12H2,(H,22,26). The monoisotopic (exact) mass is 366 g/mol. The topological polar surface area (TPSA) is 76.7 Å². The van der Waals surface area contributed by atoms with Gasteiger partial charge in [0.2, 0.25) is 11.7 Å². The minimum atomic E-state index is -0.0144. The van der Waals surface area contributed by atoms with Gasteiger partial charge in [0, 0.05) is 18.0 Å². The molecule has 5 rings (SSSR count). The van der Waals surface area contributed by atoms with Crippen LogP contribution >= 0.6 is 0 Å². The maximum Gasteiger partial charge on any atom is 0.326 e. The number of benzene rings is 1. The molecule has 1 N–H and O–H groups in total. The van der Waals surface area contributed by atoms with Crippen LogP contribution in [0.5, 0.6) is 0 Å². The highest BCUT2D eigenvalue weighted by Gasteiger charge is 2.22. The lowest BCUT2D eigenvalue weighted by molar-refractivity contribution is 0.362. The Balaban J connectivity index is 1.38. The largest absolute Gasteiger partial charge is 0.339 e. The van der Waals surface area contributed by atoms with Gasteiger partial charge in [-0.15, -0.1) is 0 Å². The number of aromatic nitrogens is 4. The number of imidazole rings is 1. The van der Waals surface area contributed by atoms with Crippen molar-refractivity contribution in [2.24, 2.45) is 5.92 Å². The van der Waals surface area contributed by atoms with Crippen molar-refractivity contribution in [3.8, 4) is 11.4 Å². The van der Waals surface area contributed by atoms with E-state index in [0.29, 0.717) is 17.8 Å². The van der Waals surface area contributed by atoms with E-state index in [4.69, 9.17) is 4.52 Å². The fourth-order valence-corrected chi connectivity index (χ4v) is 4.90. The molecule has 27 heavy (non-hydrogen) atoms. The maximum absolute atomic E-state index is 12.4. The third-order valence-electron chi connectivity index (χ3n) is 6.37. The Kier molecular flexibility index (Phi) is 4.34. The summed E-state index contributed by atoms with van der Waals surface area (Å²) in [7, 11) is 0. The summed E-state index contributed by atoms with van der Waals surface area (Å²) in [5, 5.41) is 4.16. The summed E-state index contributed by atoms with van der Waals surface area (Å²) in [4.78, 5) is 20.0. The van der Waals surface area contributed by atoms with E-state index < -0.39 is 0 Å². The number of H-pyrrole nitrogens is 1. The van der Waals surface area contributed by atoms with E-state index in [1.54, 1.807) is 0 Å². The van der Waals surface area contributed by atoms with Gasteiger partial charge in [0.25, 0.3) is 0 Å². The zero-order chi connectivity index (χ0) is 18.2.